The van der Waals surface area contributed by atoms with Gasteiger partial charge >= 0.3 is 6.09 Å². The second-order valence-electron chi connectivity index (χ2n) is 6.72. The van der Waals surface area contributed by atoms with Crippen molar-refractivity contribution in [3.63, 3.8) is 0 Å². The number of hydrogen-bond donors (Lipinski definition) is 2. The summed E-state index contributed by atoms with van der Waals surface area (Å²) >= 11 is 0. The second-order valence-corrected chi connectivity index (χ2v) is 6.72. The first-order valence-electron chi connectivity index (χ1n) is 7.73. The predicted molar refractivity (Wildman–Crippen MR) is 86.2 cm³/mol. The molecule has 1 heterocycles. The summed E-state index contributed by atoms with van der Waals surface area (Å²) in [6, 6.07) is 0.264. The molecule has 2 rings (SSSR count). The SMILES string of the molecule is C=Cn1cc(CNC(CNC(=O)OC(C)(C)C)C2CC2)cn1. The monoisotopic (exact) mass is 306 g/mol. The Labute approximate surface area is 131 Å². The van der Waals surface area contributed by atoms with Crippen LogP contribution in [0.4, 0.5) is 4.79 Å². The second kappa shape index (κ2) is 6.96. The summed E-state index contributed by atoms with van der Waals surface area (Å²) in [5.74, 6) is 0.629. The van der Waals surface area contributed by atoms with Crippen molar-refractivity contribution < 1.29 is 9.53 Å². The van der Waals surface area contributed by atoms with Crippen molar-refractivity contribution >= 4 is 12.3 Å². The molecule has 1 atom stereocenters. The highest BCUT2D eigenvalue weighted by Gasteiger charge is 2.31. The van der Waals surface area contributed by atoms with Gasteiger partial charge in [0, 0.05) is 37.1 Å². The minimum Gasteiger partial charge on any atom is -0.444 e. The minimum atomic E-state index is -0.466. The van der Waals surface area contributed by atoms with Crippen LogP contribution in [-0.4, -0.2) is 34.1 Å². The van der Waals surface area contributed by atoms with E-state index in [4.69, 9.17) is 4.74 Å². The average molecular weight is 306 g/mol. The number of amides is 1. The lowest BCUT2D eigenvalue weighted by atomic mass is 10.1. The third kappa shape index (κ3) is 5.52. The molecule has 1 fully saturated rings. The highest BCUT2D eigenvalue weighted by atomic mass is 16.6. The zero-order chi connectivity index (χ0) is 16.2. The Morgan fingerprint density at radius 1 is 1.59 bits per heavy atom. The summed E-state index contributed by atoms with van der Waals surface area (Å²) in [7, 11) is 0. The topological polar surface area (TPSA) is 68.2 Å². The van der Waals surface area contributed by atoms with Gasteiger partial charge in [-0.15, -0.1) is 0 Å². The van der Waals surface area contributed by atoms with E-state index in [1.165, 1.54) is 12.8 Å². The van der Waals surface area contributed by atoms with E-state index in [0.29, 0.717) is 12.5 Å². The van der Waals surface area contributed by atoms with Gasteiger partial charge in [0.1, 0.15) is 5.60 Å². The zero-order valence-electron chi connectivity index (χ0n) is 13.6. The smallest absolute Gasteiger partial charge is 0.407 e. The van der Waals surface area contributed by atoms with E-state index < -0.39 is 5.60 Å². The molecule has 0 spiro atoms. The summed E-state index contributed by atoms with van der Waals surface area (Å²) in [5.41, 5.74) is 0.633. The molecule has 0 bridgehead atoms. The van der Waals surface area contributed by atoms with Crippen molar-refractivity contribution in [2.24, 2.45) is 5.92 Å². The Morgan fingerprint density at radius 2 is 2.32 bits per heavy atom. The number of rotatable bonds is 7. The van der Waals surface area contributed by atoms with Gasteiger partial charge in [-0.2, -0.15) is 5.10 Å². The molecule has 1 aromatic rings. The first-order chi connectivity index (χ1) is 10.4. The van der Waals surface area contributed by atoms with Crippen LogP contribution in [0.2, 0.25) is 0 Å². The summed E-state index contributed by atoms with van der Waals surface area (Å²) < 4.78 is 6.95. The number of aromatic nitrogens is 2. The van der Waals surface area contributed by atoms with E-state index in [2.05, 4.69) is 22.3 Å². The van der Waals surface area contributed by atoms with Crippen LogP contribution in [0.5, 0.6) is 0 Å². The maximum Gasteiger partial charge on any atom is 0.407 e. The molecule has 1 unspecified atom stereocenters. The van der Waals surface area contributed by atoms with E-state index in [-0.39, 0.29) is 12.1 Å². The number of hydrogen-bond acceptors (Lipinski definition) is 4. The molecule has 2 N–H and O–H groups in total. The zero-order valence-corrected chi connectivity index (χ0v) is 13.6. The third-order valence-corrected chi connectivity index (χ3v) is 3.47. The molecule has 6 heteroatoms. The summed E-state index contributed by atoms with van der Waals surface area (Å²) in [6.45, 7) is 10.6. The number of nitrogens with one attached hydrogen (secondary N) is 2. The van der Waals surface area contributed by atoms with E-state index in [9.17, 15) is 4.79 Å². The highest BCUT2D eigenvalue weighted by molar-refractivity contribution is 5.67. The molecule has 1 saturated carbocycles. The van der Waals surface area contributed by atoms with Gasteiger partial charge in [-0.25, -0.2) is 9.48 Å². The Hall–Kier alpha value is -1.82. The fourth-order valence-corrected chi connectivity index (χ4v) is 2.23. The Kier molecular flexibility index (Phi) is 5.24. The lowest BCUT2D eigenvalue weighted by molar-refractivity contribution is 0.0521. The molecule has 1 aliphatic rings. The maximum atomic E-state index is 11.7. The molecule has 0 radical (unpaired) electrons. The van der Waals surface area contributed by atoms with E-state index in [1.807, 2.05) is 33.2 Å². The molecule has 1 amide bonds. The van der Waals surface area contributed by atoms with Gasteiger partial charge in [0.2, 0.25) is 0 Å². The van der Waals surface area contributed by atoms with Crippen LogP contribution in [0, 0.1) is 5.92 Å². The van der Waals surface area contributed by atoms with Gasteiger partial charge < -0.3 is 15.4 Å². The molecule has 122 valence electrons. The molecular formula is C16H26N4O2. The first-order valence-corrected chi connectivity index (χ1v) is 7.73. The number of alkyl carbamates (subject to hydrolysis) is 1. The molecule has 0 aromatic carbocycles. The van der Waals surface area contributed by atoms with Crippen molar-refractivity contribution in [2.75, 3.05) is 6.54 Å². The minimum absolute atomic E-state index is 0.264. The van der Waals surface area contributed by atoms with Gasteiger partial charge in [-0.1, -0.05) is 6.58 Å². The van der Waals surface area contributed by atoms with Crippen molar-refractivity contribution in [1.29, 1.82) is 0 Å². The molecule has 0 aliphatic heterocycles. The molecule has 1 aliphatic carbocycles. The Bertz CT molecular complexity index is 514. The quantitative estimate of drug-likeness (QED) is 0.811. The van der Waals surface area contributed by atoms with Gasteiger partial charge in [-0.3, -0.25) is 0 Å². The summed E-state index contributed by atoms with van der Waals surface area (Å²) in [4.78, 5) is 11.7. The molecule has 22 heavy (non-hydrogen) atoms. The summed E-state index contributed by atoms with van der Waals surface area (Å²) in [5, 5.41) is 10.5. The number of carbonyl (C=O) groups is 1. The van der Waals surface area contributed by atoms with Crippen LogP contribution < -0.4 is 10.6 Å². The molecule has 0 saturated heterocycles. The third-order valence-electron chi connectivity index (χ3n) is 3.47. The maximum absolute atomic E-state index is 11.7. The normalized spacial score (nSPS) is 16.1. The van der Waals surface area contributed by atoms with Crippen molar-refractivity contribution in [3.8, 4) is 0 Å². The fraction of sp³-hybridized carbons (Fsp3) is 0.625. The standard InChI is InChI=1S/C16H26N4O2/c1-5-20-11-12(9-19-20)8-17-14(13-6-7-13)10-18-15(21)22-16(2,3)4/h5,9,11,13-14,17H,1,6-8,10H2,2-4H3,(H,18,21). The highest BCUT2D eigenvalue weighted by Crippen LogP contribution is 2.32. The van der Waals surface area contributed by atoms with Gasteiger partial charge in [0.25, 0.3) is 0 Å². The summed E-state index contributed by atoms with van der Waals surface area (Å²) in [6.07, 6.45) is 7.47. The first kappa shape index (κ1) is 16.5. The average Bonchev–Trinajstić information content (AvgIpc) is 3.15. The van der Waals surface area contributed by atoms with Gasteiger partial charge in [-0.05, 0) is 39.5 Å². The van der Waals surface area contributed by atoms with E-state index in [0.717, 1.165) is 12.1 Å². The van der Waals surface area contributed by atoms with Crippen LogP contribution in [0.1, 0.15) is 39.2 Å². The van der Waals surface area contributed by atoms with E-state index >= 15 is 0 Å². The van der Waals surface area contributed by atoms with Crippen LogP contribution >= 0.6 is 0 Å². The van der Waals surface area contributed by atoms with Crippen molar-refractivity contribution in [3.05, 3.63) is 24.5 Å². The van der Waals surface area contributed by atoms with Crippen molar-refractivity contribution in [1.82, 2.24) is 20.4 Å². The predicted octanol–water partition coefficient (Wildman–Crippen LogP) is 2.38. The number of carbonyl (C=O) groups excluding carboxylic acids is 1. The van der Waals surface area contributed by atoms with Crippen LogP contribution in [0.15, 0.2) is 19.0 Å². The number of nitrogens with zero attached hydrogens (tertiary/aromatic N) is 2. The molecule has 1 aromatic heterocycles. The largest absolute Gasteiger partial charge is 0.444 e. The van der Waals surface area contributed by atoms with Crippen molar-refractivity contribution in [2.45, 2.75) is 51.8 Å². The van der Waals surface area contributed by atoms with Gasteiger partial charge in [0.05, 0.1) is 6.20 Å². The number of ether oxygens (including phenoxy) is 1. The van der Waals surface area contributed by atoms with E-state index in [1.54, 1.807) is 10.9 Å². The lowest BCUT2D eigenvalue weighted by Crippen LogP contribution is -2.43. The van der Waals surface area contributed by atoms with Crippen LogP contribution in [0.25, 0.3) is 6.20 Å². The van der Waals surface area contributed by atoms with Crippen LogP contribution in [0.3, 0.4) is 0 Å². The Balaban J connectivity index is 1.78. The fourth-order valence-electron chi connectivity index (χ4n) is 2.23. The molecule has 6 nitrogen and oxygen atoms in total. The Morgan fingerprint density at radius 3 is 2.86 bits per heavy atom. The lowest BCUT2D eigenvalue weighted by Gasteiger charge is -2.22. The molecular weight excluding hydrogens is 280 g/mol. The van der Waals surface area contributed by atoms with Crippen LogP contribution in [-0.2, 0) is 11.3 Å². The van der Waals surface area contributed by atoms with Gasteiger partial charge in [0.15, 0.2) is 0 Å².